The van der Waals surface area contributed by atoms with Gasteiger partial charge in [0, 0.05) is 26.2 Å². The molecule has 7 nitrogen and oxygen atoms in total. The summed E-state index contributed by atoms with van der Waals surface area (Å²) in [5.41, 5.74) is 1.08. The van der Waals surface area contributed by atoms with Gasteiger partial charge in [0.1, 0.15) is 5.75 Å². The summed E-state index contributed by atoms with van der Waals surface area (Å²) in [6, 6.07) is 8.46. The molecule has 3 rings (SSSR count). The quantitative estimate of drug-likeness (QED) is 0.676. The van der Waals surface area contributed by atoms with Gasteiger partial charge in [0.15, 0.2) is 5.82 Å². The molecule has 0 radical (unpaired) electrons. The average molecular weight is 423 g/mol. The number of hydrogen-bond acceptors (Lipinski definition) is 6. The van der Waals surface area contributed by atoms with Crippen LogP contribution >= 0.6 is 12.4 Å². The second-order valence-corrected chi connectivity index (χ2v) is 8.50. The van der Waals surface area contributed by atoms with Gasteiger partial charge in [0.05, 0.1) is 24.4 Å². The van der Waals surface area contributed by atoms with Crippen molar-refractivity contribution < 1.29 is 4.74 Å². The third kappa shape index (κ3) is 4.83. The number of anilines is 1. The van der Waals surface area contributed by atoms with E-state index in [9.17, 15) is 0 Å². The van der Waals surface area contributed by atoms with Gasteiger partial charge < -0.3 is 9.64 Å². The largest absolute Gasteiger partial charge is 0.495 e. The van der Waals surface area contributed by atoms with E-state index in [1.165, 1.54) is 5.69 Å². The molecule has 1 fully saturated rings. The van der Waals surface area contributed by atoms with Crippen molar-refractivity contribution in [2.75, 3.05) is 38.2 Å². The average Bonchev–Trinajstić information content (AvgIpc) is 3.18. The molecule has 0 N–H and O–H groups in total. The van der Waals surface area contributed by atoms with Crippen molar-refractivity contribution in [2.45, 2.75) is 52.6 Å². The van der Waals surface area contributed by atoms with E-state index in [-0.39, 0.29) is 24.0 Å². The van der Waals surface area contributed by atoms with Gasteiger partial charge in [-0.3, -0.25) is 4.90 Å². The number of rotatable bonds is 7. The molecule has 0 saturated carbocycles. The first-order valence-corrected chi connectivity index (χ1v) is 10.3. The molecule has 0 amide bonds. The first-order chi connectivity index (χ1) is 13.4. The topological polar surface area (TPSA) is 59.3 Å². The summed E-state index contributed by atoms with van der Waals surface area (Å²) in [6.45, 7) is 15.0. The van der Waals surface area contributed by atoms with Crippen molar-refractivity contribution in [3.63, 3.8) is 0 Å². The molecule has 2 heterocycles. The lowest BCUT2D eigenvalue weighted by molar-refractivity contribution is 0.126. The number of benzene rings is 1. The fourth-order valence-corrected chi connectivity index (χ4v) is 3.97. The molecule has 162 valence electrons. The molecule has 1 aromatic heterocycles. The third-order valence-electron chi connectivity index (χ3n) is 5.96. The Balaban J connectivity index is 0.00000300. The number of ether oxygens (including phenoxy) is 1. The zero-order valence-electron chi connectivity index (χ0n) is 18.5. The first-order valence-electron chi connectivity index (χ1n) is 10.3. The van der Waals surface area contributed by atoms with Gasteiger partial charge in [0.25, 0.3) is 0 Å². The molecule has 1 aliphatic heterocycles. The second kappa shape index (κ2) is 9.76. The molecule has 1 unspecified atom stereocenters. The number of nitrogens with zero attached hydrogens (tertiary/aromatic N) is 6. The Hall–Kier alpha value is -1.86. The highest BCUT2D eigenvalue weighted by Gasteiger charge is 2.34. The van der Waals surface area contributed by atoms with E-state index >= 15 is 0 Å². The second-order valence-electron chi connectivity index (χ2n) is 8.50. The van der Waals surface area contributed by atoms with Crippen molar-refractivity contribution in [1.82, 2.24) is 25.1 Å². The van der Waals surface area contributed by atoms with Crippen molar-refractivity contribution in [3.05, 3.63) is 30.1 Å². The van der Waals surface area contributed by atoms with E-state index in [1.807, 2.05) is 16.8 Å². The summed E-state index contributed by atoms with van der Waals surface area (Å²) in [6.07, 6.45) is 0.984. The number of hydrogen-bond donors (Lipinski definition) is 0. The van der Waals surface area contributed by atoms with Gasteiger partial charge in [0.2, 0.25) is 0 Å². The molecular formula is C21H35ClN6O. The number of tetrazole rings is 1. The van der Waals surface area contributed by atoms with E-state index in [1.54, 1.807) is 7.11 Å². The lowest BCUT2D eigenvalue weighted by Gasteiger charge is -2.42. The predicted octanol–water partition coefficient (Wildman–Crippen LogP) is 3.77. The number of aromatic nitrogens is 4. The van der Waals surface area contributed by atoms with Crippen LogP contribution in [0.2, 0.25) is 0 Å². The maximum Gasteiger partial charge on any atom is 0.169 e. The van der Waals surface area contributed by atoms with E-state index in [0.717, 1.165) is 44.2 Å². The summed E-state index contributed by atoms with van der Waals surface area (Å²) < 4.78 is 7.58. The fourth-order valence-electron chi connectivity index (χ4n) is 3.97. The molecule has 0 bridgehead atoms. The van der Waals surface area contributed by atoms with Crippen LogP contribution in [0.25, 0.3) is 0 Å². The van der Waals surface area contributed by atoms with Crippen LogP contribution < -0.4 is 9.64 Å². The Morgan fingerprint density at radius 3 is 2.34 bits per heavy atom. The molecule has 2 aromatic rings. The van der Waals surface area contributed by atoms with Crippen LogP contribution in [-0.2, 0) is 5.54 Å². The van der Waals surface area contributed by atoms with E-state index in [0.29, 0.717) is 5.92 Å². The number of methoxy groups -OCH3 is 1. The van der Waals surface area contributed by atoms with E-state index in [4.69, 9.17) is 4.74 Å². The normalized spacial score (nSPS) is 16.6. The molecule has 29 heavy (non-hydrogen) atoms. The van der Waals surface area contributed by atoms with Crippen molar-refractivity contribution >= 4 is 18.1 Å². The van der Waals surface area contributed by atoms with Crippen LogP contribution in [-0.4, -0.2) is 58.4 Å². The summed E-state index contributed by atoms with van der Waals surface area (Å²) in [7, 11) is 1.74. The molecule has 0 aliphatic carbocycles. The summed E-state index contributed by atoms with van der Waals surface area (Å²) in [4.78, 5) is 4.94. The monoisotopic (exact) mass is 422 g/mol. The minimum atomic E-state index is -0.0921. The predicted molar refractivity (Wildman–Crippen MR) is 119 cm³/mol. The summed E-state index contributed by atoms with van der Waals surface area (Å²) in [5.74, 6) is 2.34. The van der Waals surface area contributed by atoms with Gasteiger partial charge in [-0.15, -0.1) is 17.5 Å². The molecule has 1 atom stereocenters. The summed E-state index contributed by atoms with van der Waals surface area (Å²) in [5, 5.41) is 12.8. The molecule has 1 aromatic carbocycles. The SMILES string of the molecule is CCC(C)(C)n1nnnc1C(C(C)C)N1CCN(c2ccccc2OC)CC1.Cl. The van der Waals surface area contributed by atoms with Crippen LogP contribution in [0.3, 0.4) is 0 Å². The number of para-hydroxylation sites is 2. The Morgan fingerprint density at radius 1 is 1.10 bits per heavy atom. The van der Waals surface area contributed by atoms with Gasteiger partial charge in [-0.1, -0.05) is 32.9 Å². The molecular weight excluding hydrogens is 388 g/mol. The molecule has 8 heteroatoms. The zero-order valence-corrected chi connectivity index (χ0v) is 19.3. The highest BCUT2D eigenvalue weighted by Crippen LogP contribution is 2.33. The third-order valence-corrected chi connectivity index (χ3v) is 5.96. The first kappa shape index (κ1) is 23.4. The van der Waals surface area contributed by atoms with Gasteiger partial charge in [-0.05, 0) is 48.7 Å². The summed E-state index contributed by atoms with van der Waals surface area (Å²) >= 11 is 0. The zero-order chi connectivity index (χ0) is 20.3. The van der Waals surface area contributed by atoms with Crippen molar-refractivity contribution in [1.29, 1.82) is 0 Å². The van der Waals surface area contributed by atoms with Gasteiger partial charge >= 0.3 is 0 Å². The van der Waals surface area contributed by atoms with E-state index < -0.39 is 0 Å². The Kier molecular flexibility index (Phi) is 7.88. The van der Waals surface area contributed by atoms with Gasteiger partial charge in [-0.2, -0.15) is 0 Å². The minimum Gasteiger partial charge on any atom is -0.495 e. The van der Waals surface area contributed by atoms with Crippen LogP contribution in [0.5, 0.6) is 5.75 Å². The fraction of sp³-hybridized carbons (Fsp3) is 0.667. The minimum absolute atomic E-state index is 0. The van der Waals surface area contributed by atoms with Gasteiger partial charge in [-0.25, -0.2) is 4.68 Å². The lowest BCUT2D eigenvalue weighted by atomic mass is 9.97. The van der Waals surface area contributed by atoms with Crippen molar-refractivity contribution in [3.8, 4) is 5.75 Å². The van der Waals surface area contributed by atoms with Crippen molar-refractivity contribution in [2.24, 2.45) is 5.92 Å². The number of halogens is 1. The molecule has 0 spiro atoms. The maximum absolute atomic E-state index is 5.55. The highest BCUT2D eigenvalue weighted by molar-refractivity contribution is 5.85. The Bertz CT molecular complexity index is 770. The highest BCUT2D eigenvalue weighted by atomic mass is 35.5. The molecule has 1 aliphatic rings. The van der Waals surface area contributed by atoms with Crippen LogP contribution in [0, 0.1) is 5.92 Å². The number of piperazine rings is 1. The maximum atomic E-state index is 5.55. The van der Waals surface area contributed by atoms with Crippen LogP contribution in [0.4, 0.5) is 5.69 Å². The van der Waals surface area contributed by atoms with E-state index in [2.05, 4.69) is 72.1 Å². The standard InChI is InChI=1S/C21H34N6O.ClH/c1-7-21(4,5)27-20(22-23-24-27)19(16(2)3)26-14-12-25(13-15-26)17-10-8-9-11-18(17)28-6;/h8-11,16,19H,7,12-15H2,1-6H3;1H. The lowest BCUT2D eigenvalue weighted by Crippen LogP contribution is -2.49. The smallest absolute Gasteiger partial charge is 0.169 e. The Labute approximate surface area is 180 Å². The Morgan fingerprint density at radius 2 is 1.76 bits per heavy atom. The van der Waals surface area contributed by atoms with Crippen LogP contribution in [0.1, 0.15) is 52.9 Å². The molecule has 1 saturated heterocycles. The van der Waals surface area contributed by atoms with Crippen LogP contribution in [0.15, 0.2) is 24.3 Å².